The number of rotatable bonds is 7. The van der Waals surface area contributed by atoms with E-state index in [9.17, 15) is 10.2 Å². The third-order valence-electron chi connectivity index (χ3n) is 2.65. The second kappa shape index (κ2) is 8.00. The first-order chi connectivity index (χ1) is 8.41. The van der Waals surface area contributed by atoms with E-state index in [1.54, 1.807) is 0 Å². The molecule has 1 saturated heterocycles. The molecule has 1 heterocycles. The Kier molecular flexibility index (Phi) is 7.39. The van der Waals surface area contributed by atoms with Crippen LogP contribution in [0.4, 0.5) is 0 Å². The van der Waals surface area contributed by atoms with E-state index < -0.39 is 12.2 Å². The summed E-state index contributed by atoms with van der Waals surface area (Å²) in [7, 11) is 0. The van der Waals surface area contributed by atoms with Crippen molar-refractivity contribution in [3.63, 3.8) is 0 Å². The zero-order chi connectivity index (χ0) is 13.7. The molecule has 1 fully saturated rings. The van der Waals surface area contributed by atoms with Crippen LogP contribution >= 0.6 is 23.5 Å². The van der Waals surface area contributed by atoms with Gasteiger partial charge in [0.25, 0.3) is 0 Å². The number of ether oxygens (including phenoxy) is 1. The van der Waals surface area contributed by atoms with Crippen molar-refractivity contribution in [2.45, 2.75) is 50.6 Å². The second-order valence-electron chi connectivity index (χ2n) is 5.68. The molecular weight excluding hydrogens is 268 g/mol. The minimum Gasteiger partial charge on any atom is -0.388 e. The molecule has 0 spiro atoms. The summed E-state index contributed by atoms with van der Waals surface area (Å²) in [5.41, 5.74) is 0. The molecule has 0 aromatic heterocycles. The summed E-state index contributed by atoms with van der Waals surface area (Å²) in [5.74, 6) is 3.36. The van der Waals surface area contributed by atoms with Crippen LogP contribution < -0.4 is 0 Å². The molecule has 0 aromatic carbocycles. The van der Waals surface area contributed by atoms with Crippen LogP contribution in [0.2, 0.25) is 0 Å². The highest BCUT2D eigenvalue weighted by molar-refractivity contribution is 8.17. The van der Waals surface area contributed by atoms with Crippen molar-refractivity contribution in [1.82, 2.24) is 0 Å². The van der Waals surface area contributed by atoms with Crippen molar-refractivity contribution in [2.24, 2.45) is 11.8 Å². The lowest BCUT2D eigenvalue weighted by Crippen LogP contribution is -2.36. The molecule has 1 rings (SSSR count). The lowest BCUT2D eigenvalue weighted by molar-refractivity contribution is 0.0307. The molecule has 0 bridgehead atoms. The van der Waals surface area contributed by atoms with E-state index in [2.05, 4.69) is 27.7 Å². The van der Waals surface area contributed by atoms with Gasteiger partial charge in [0.15, 0.2) is 0 Å². The largest absolute Gasteiger partial charge is 0.388 e. The highest BCUT2D eigenvalue weighted by Gasteiger charge is 2.40. The second-order valence-corrected chi connectivity index (χ2v) is 8.33. The van der Waals surface area contributed by atoms with Crippen molar-refractivity contribution in [2.75, 3.05) is 18.1 Å². The van der Waals surface area contributed by atoms with E-state index in [4.69, 9.17) is 4.74 Å². The smallest absolute Gasteiger partial charge is 0.110 e. The normalized spacial score (nSPS) is 28.8. The maximum absolute atomic E-state index is 9.96. The van der Waals surface area contributed by atoms with Gasteiger partial charge >= 0.3 is 0 Å². The Hall–Kier alpha value is 0.580. The van der Waals surface area contributed by atoms with Crippen LogP contribution in [0.3, 0.4) is 0 Å². The van der Waals surface area contributed by atoms with Gasteiger partial charge in [-0.05, 0) is 23.3 Å². The summed E-state index contributed by atoms with van der Waals surface area (Å²) < 4.78 is 5.77. The Morgan fingerprint density at radius 3 is 1.89 bits per heavy atom. The van der Waals surface area contributed by atoms with Gasteiger partial charge in [-0.3, -0.25) is 0 Å². The van der Waals surface area contributed by atoms with Crippen molar-refractivity contribution in [1.29, 1.82) is 0 Å². The van der Waals surface area contributed by atoms with Gasteiger partial charge in [-0.1, -0.05) is 27.7 Å². The average Bonchev–Trinajstić information content (AvgIpc) is 2.60. The third-order valence-corrected chi connectivity index (χ3v) is 6.37. The van der Waals surface area contributed by atoms with Gasteiger partial charge in [-0.2, -0.15) is 0 Å². The molecular formula is C13H26O3S2. The summed E-state index contributed by atoms with van der Waals surface area (Å²) in [6, 6.07) is 0. The number of aliphatic hydroxyl groups is 2. The maximum atomic E-state index is 9.96. The molecule has 0 amide bonds. The van der Waals surface area contributed by atoms with Crippen LogP contribution in [-0.4, -0.2) is 51.2 Å². The molecule has 2 N–H and O–H groups in total. The average molecular weight is 294 g/mol. The van der Waals surface area contributed by atoms with Gasteiger partial charge in [-0.15, -0.1) is 23.5 Å². The van der Waals surface area contributed by atoms with Gasteiger partial charge in [-0.25, -0.2) is 0 Å². The summed E-state index contributed by atoms with van der Waals surface area (Å²) in [4.78, 5) is 0. The molecule has 0 aliphatic carbocycles. The van der Waals surface area contributed by atoms with Gasteiger partial charge in [0.2, 0.25) is 0 Å². The minimum absolute atomic E-state index is 0.210. The maximum Gasteiger partial charge on any atom is 0.110 e. The van der Waals surface area contributed by atoms with Gasteiger partial charge in [0.05, 0.1) is 11.2 Å². The predicted octanol–water partition coefficient (Wildman–Crippen LogP) is 2.21. The molecule has 0 radical (unpaired) electrons. The lowest BCUT2D eigenvalue weighted by Gasteiger charge is -2.26. The monoisotopic (exact) mass is 294 g/mol. The molecule has 1 aliphatic rings. The molecule has 3 nitrogen and oxygen atoms in total. The van der Waals surface area contributed by atoms with E-state index in [1.807, 2.05) is 23.5 Å². The molecule has 5 heteroatoms. The number of aliphatic hydroxyl groups excluding tert-OH is 2. The summed E-state index contributed by atoms with van der Waals surface area (Å²) >= 11 is 3.68. The Bertz CT molecular complexity index is 224. The molecule has 18 heavy (non-hydrogen) atoms. The third kappa shape index (κ3) is 5.29. The molecule has 3 atom stereocenters. The van der Waals surface area contributed by atoms with E-state index in [-0.39, 0.29) is 17.3 Å². The fourth-order valence-electron chi connectivity index (χ4n) is 1.68. The van der Waals surface area contributed by atoms with Crippen LogP contribution in [0.5, 0.6) is 0 Å². The summed E-state index contributed by atoms with van der Waals surface area (Å²) in [6.07, 6.45) is -1.71. The van der Waals surface area contributed by atoms with Crippen LogP contribution in [0, 0.1) is 11.8 Å². The van der Waals surface area contributed by atoms with Crippen molar-refractivity contribution in [3.8, 4) is 0 Å². The van der Waals surface area contributed by atoms with Crippen LogP contribution in [0.25, 0.3) is 0 Å². The fraction of sp³-hybridized carbons (Fsp3) is 1.00. The van der Waals surface area contributed by atoms with Crippen LogP contribution in [-0.2, 0) is 4.74 Å². The SMILES string of the molecule is CC(C)CSC(SCC(C)C)[C@@H]1OC[C@@H](O)[C@@H]1O. The predicted molar refractivity (Wildman–Crippen MR) is 80.1 cm³/mol. The quantitative estimate of drug-likeness (QED) is 0.705. The Morgan fingerprint density at radius 2 is 1.56 bits per heavy atom. The minimum atomic E-state index is -0.741. The highest BCUT2D eigenvalue weighted by Crippen LogP contribution is 2.35. The van der Waals surface area contributed by atoms with E-state index in [0.29, 0.717) is 11.8 Å². The van der Waals surface area contributed by atoms with Crippen LogP contribution in [0.1, 0.15) is 27.7 Å². The molecule has 108 valence electrons. The zero-order valence-electron chi connectivity index (χ0n) is 11.7. The first kappa shape index (κ1) is 16.6. The van der Waals surface area contributed by atoms with Gasteiger partial charge < -0.3 is 14.9 Å². The van der Waals surface area contributed by atoms with Crippen LogP contribution in [0.15, 0.2) is 0 Å². The first-order valence-corrected chi connectivity index (χ1v) is 8.72. The van der Waals surface area contributed by atoms with Crippen molar-refractivity contribution in [3.05, 3.63) is 0 Å². The number of hydrogen-bond acceptors (Lipinski definition) is 5. The standard InChI is InChI=1S/C13H26O3S2/c1-8(2)6-17-13(18-7-9(3)4)12-11(15)10(14)5-16-12/h8-15H,5-7H2,1-4H3/t10-,11+,12-/m1/s1. The topological polar surface area (TPSA) is 49.7 Å². The van der Waals surface area contributed by atoms with Gasteiger partial charge in [0.1, 0.15) is 18.3 Å². The van der Waals surface area contributed by atoms with Crippen molar-refractivity contribution < 1.29 is 14.9 Å². The summed E-state index contributed by atoms with van der Waals surface area (Å²) in [5, 5.41) is 19.5. The van der Waals surface area contributed by atoms with Gasteiger partial charge in [0, 0.05) is 0 Å². The Balaban J connectivity index is 2.52. The Labute approximate surface area is 119 Å². The summed E-state index contributed by atoms with van der Waals surface area (Å²) in [6.45, 7) is 9.03. The number of hydrogen-bond donors (Lipinski definition) is 2. The van der Waals surface area contributed by atoms with Crippen molar-refractivity contribution >= 4 is 23.5 Å². The molecule has 1 aliphatic heterocycles. The van der Waals surface area contributed by atoms with E-state index in [0.717, 1.165) is 11.5 Å². The highest BCUT2D eigenvalue weighted by atomic mass is 32.2. The number of thioether (sulfide) groups is 2. The molecule has 0 unspecified atom stereocenters. The fourth-order valence-corrected chi connectivity index (χ4v) is 4.54. The van der Waals surface area contributed by atoms with E-state index >= 15 is 0 Å². The van der Waals surface area contributed by atoms with E-state index in [1.165, 1.54) is 0 Å². The zero-order valence-corrected chi connectivity index (χ0v) is 13.3. The Morgan fingerprint density at radius 1 is 1.06 bits per heavy atom. The first-order valence-electron chi connectivity index (χ1n) is 6.62. The molecule has 0 aromatic rings. The lowest BCUT2D eigenvalue weighted by atomic mass is 10.2. The molecule has 0 saturated carbocycles.